The summed E-state index contributed by atoms with van der Waals surface area (Å²) in [5, 5.41) is 11.7. The molecular formula is C17H21N3O5S. The molecule has 3 rings (SSSR count). The number of rotatable bonds is 6. The first kappa shape index (κ1) is 18.6. The van der Waals surface area contributed by atoms with E-state index in [1.165, 1.54) is 16.4 Å². The van der Waals surface area contributed by atoms with Crippen molar-refractivity contribution in [1.29, 1.82) is 0 Å². The molecule has 2 aliphatic rings. The zero-order valence-electron chi connectivity index (χ0n) is 14.2. The van der Waals surface area contributed by atoms with Gasteiger partial charge in [-0.25, -0.2) is 8.42 Å². The Bertz CT molecular complexity index is 844. The van der Waals surface area contributed by atoms with Crippen LogP contribution in [-0.4, -0.2) is 60.8 Å². The van der Waals surface area contributed by atoms with E-state index in [2.05, 4.69) is 5.32 Å². The number of hydrogen-bond acceptors (Lipinski definition) is 6. The summed E-state index contributed by atoms with van der Waals surface area (Å²) in [6, 6.07) is 6.19. The molecule has 1 saturated heterocycles. The molecule has 2 aliphatic heterocycles. The highest BCUT2D eigenvalue weighted by atomic mass is 32.2. The van der Waals surface area contributed by atoms with Gasteiger partial charge in [-0.15, -0.1) is 0 Å². The number of imide groups is 1. The molecule has 1 fully saturated rings. The third-order valence-electron chi connectivity index (χ3n) is 4.40. The molecule has 0 unspecified atom stereocenters. The van der Waals surface area contributed by atoms with Crippen LogP contribution in [0.1, 0.15) is 19.3 Å². The van der Waals surface area contributed by atoms with Gasteiger partial charge in [-0.2, -0.15) is 4.31 Å². The van der Waals surface area contributed by atoms with Crippen molar-refractivity contribution in [2.24, 2.45) is 0 Å². The normalized spacial score (nSPS) is 19.0. The lowest BCUT2D eigenvalue weighted by molar-refractivity contribution is -0.137. The number of nitrogens with zero attached hydrogens (tertiary/aromatic N) is 2. The zero-order valence-corrected chi connectivity index (χ0v) is 15.0. The number of amides is 2. The van der Waals surface area contributed by atoms with Gasteiger partial charge in [0.2, 0.25) is 10.0 Å². The van der Waals surface area contributed by atoms with Crippen LogP contribution in [-0.2, 0) is 19.6 Å². The molecule has 9 heteroatoms. The predicted octanol–water partition coefficient (Wildman–Crippen LogP) is 0.518. The highest BCUT2D eigenvalue weighted by Crippen LogP contribution is 2.24. The fraction of sp³-hybridized carbons (Fsp3) is 0.412. The fourth-order valence-electron chi connectivity index (χ4n) is 3.05. The topological polar surface area (TPSA) is 107 Å². The minimum atomic E-state index is -3.58. The van der Waals surface area contributed by atoms with E-state index in [-0.39, 0.29) is 23.7 Å². The van der Waals surface area contributed by atoms with Gasteiger partial charge in [0.05, 0.1) is 18.0 Å². The Morgan fingerprint density at radius 1 is 1.12 bits per heavy atom. The average molecular weight is 379 g/mol. The predicted molar refractivity (Wildman–Crippen MR) is 94.6 cm³/mol. The van der Waals surface area contributed by atoms with E-state index in [1.54, 1.807) is 12.1 Å². The molecule has 0 aliphatic carbocycles. The number of aliphatic hydroxyl groups is 1. The van der Waals surface area contributed by atoms with Crippen LogP contribution in [0.2, 0.25) is 0 Å². The fourth-order valence-corrected chi connectivity index (χ4v) is 4.62. The Balaban J connectivity index is 1.79. The molecule has 0 bridgehead atoms. The summed E-state index contributed by atoms with van der Waals surface area (Å²) in [6.07, 6.45) is 3.87. The molecule has 0 atom stereocenters. The maximum Gasteiger partial charge on any atom is 0.277 e. The number of anilines is 1. The summed E-state index contributed by atoms with van der Waals surface area (Å²) in [5.41, 5.74) is 0.456. The first-order valence-electron chi connectivity index (χ1n) is 8.49. The second kappa shape index (κ2) is 7.56. The Morgan fingerprint density at radius 2 is 1.85 bits per heavy atom. The van der Waals surface area contributed by atoms with Gasteiger partial charge in [-0.05, 0) is 31.0 Å². The van der Waals surface area contributed by atoms with Crippen molar-refractivity contribution in [1.82, 2.24) is 9.21 Å². The molecule has 2 N–H and O–H groups in total. The molecule has 0 aromatic heterocycles. The van der Waals surface area contributed by atoms with E-state index >= 15 is 0 Å². The van der Waals surface area contributed by atoms with Crippen LogP contribution in [0.15, 0.2) is 40.9 Å². The van der Waals surface area contributed by atoms with Crippen LogP contribution in [0.3, 0.4) is 0 Å². The number of hydrogen-bond donors (Lipinski definition) is 2. The Hall–Kier alpha value is -2.23. The van der Waals surface area contributed by atoms with Crippen molar-refractivity contribution in [3.63, 3.8) is 0 Å². The number of piperidine rings is 1. The molecule has 2 heterocycles. The summed E-state index contributed by atoms with van der Waals surface area (Å²) in [4.78, 5) is 25.0. The maximum absolute atomic E-state index is 12.8. The van der Waals surface area contributed by atoms with Crippen molar-refractivity contribution in [3.8, 4) is 0 Å². The second-order valence-electron chi connectivity index (χ2n) is 6.19. The molecule has 26 heavy (non-hydrogen) atoms. The summed E-state index contributed by atoms with van der Waals surface area (Å²) in [6.45, 7) is 0.618. The lowest BCUT2D eigenvalue weighted by atomic mass is 10.2. The van der Waals surface area contributed by atoms with Gasteiger partial charge in [0.25, 0.3) is 11.8 Å². The Labute approximate surface area is 152 Å². The summed E-state index contributed by atoms with van der Waals surface area (Å²) in [7, 11) is -3.58. The highest BCUT2D eigenvalue weighted by Gasteiger charge is 2.31. The van der Waals surface area contributed by atoms with Crippen LogP contribution < -0.4 is 5.32 Å². The van der Waals surface area contributed by atoms with Crippen molar-refractivity contribution < 1.29 is 23.1 Å². The Kier molecular flexibility index (Phi) is 5.40. The van der Waals surface area contributed by atoms with Crippen LogP contribution in [0, 0.1) is 0 Å². The van der Waals surface area contributed by atoms with Crippen LogP contribution in [0.5, 0.6) is 0 Å². The molecule has 0 radical (unpaired) electrons. The summed E-state index contributed by atoms with van der Waals surface area (Å²) >= 11 is 0. The molecule has 8 nitrogen and oxygen atoms in total. The van der Waals surface area contributed by atoms with Crippen molar-refractivity contribution >= 4 is 27.5 Å². The lowest BCUT2D eigenvalue weighted by Crippen LogP contribution is -2.35. The minimum absolute atomic E-state index is 0.0518. The van der Waals surface area contributed by atoms with Crippen LogP contribution in [0.4, 0.5) is 5.69 Å². The van der Waals surface area contributed by atoms with E-state index in [1.807, 2.05) is 0 Å². The molecular weight excluding hydrogens is 358 g/mol. The third-order valence-corrected chi connectivity index (χ3v) is 6.29. The maximum atomic E-state index is 12.8. The molecule has 1 aromatic rings. The van der Waals surface area contributed by atoms with Crippen molar-refractivity contribution in [2.75, 3.05) is 31.6 Å². The summed E-state index contributed by atoms with van der Waals surface area (Å²) in [5.74, 6) is -1.06. The molecule has 1 aromatic carbocycles. The molecule has 0 spiro atoms. The van der Waals surface area contributed by atoms with Crippen LogP contribution in [0.25, 0.3) is 0 Å². The average Bonchev–Trinajstić information content (AvgIpc) is 2.90. The molecule has 0 saturated carbocycles. The quantitative estimate of drug-likeness (QED) is 0.698. The van der Waals surface area contributed by atoms with Gasteiger partial charge < -0.3 is 10.4 Å². The number of carbonyl (C=O) groups excluding carboxylic acids is 2. The third kappa shape index (κ3) is 3.64. The van der Waals surface area contributed by atoms with Gasteiger partial charge in [-0.3, -0.25) is 14.5 Å². The number of nitrogens with one attached hydrogen (secondary N) is 1. The van der Waals surface area contributed by atoms with E-state index in [0.717, 1.165) is 30.2 Å². The molecule has 2 amide bonds. The van der Waals surface area contributed by atoms with Gasteiger partial charge >= 0.3 is 0 Å². The lowest BCUT2D eigenvalue weighted by Gasteiger charge is -2.26. The van der Waals surface area contributed by atoms with Crippen molar-refractivity contribution in [2.45, 2.75) is 24.2 Å². The minimum Gasteiger partial charge on any atom is -0.395 e. The van der Waals surface area contributed by atoms with E-state index in [4.69, 9.17) is 5.11 Å². The monoisotopic (exact) mass is 379 g/mol. The van der Waals surface area contributed by atoms with E-state index < -0.39 is 21.8 Å². The van der Waals surface area contributed by atoms with E-state index in [0.29, 0.717) is 18.8 Å². The van der Waals surface area contributed by atoms with Gasteiger partial charge in [-0.1, -0.05) is 12.5 Å². The van der Waals surface area contributed by atoms with Crippen molar-refractivity contribution in [3.05, 3.63) is 36.0 Å². The Morgan fingerprint density at radius 3 is 2.54 bits per heavy atom. The standard InChI is InChI=1S/C17H21N3O5S/c21-10-9-20-16(22)12-15(17(20)23)18-13-5-4-6-14(11-13)26(24,25)19-7-2-1-3-8-19/h4-6,11-12,18,21H,1-3,7-10H2. The van der Waals surface area contributed by atoms with Gasteiger partial charge in [0.15, 0.2) is 0 Å². The summed E-state index contributed by atoms with van der Waals surface area (Å²) < 4.78 is 27.0. The van der Waals surface area contributed by atoms with Gasteiger partial charge in [0, 0.05) is 24.9 Å². The first-order chi connectivity index (χ1) is 12.4. The SMILES string of the molecule is O=C1C=C(Nc2cccc(S(=O)(=O)N3CCCCC3)c2)C(=O)N1CCO. The largest absolute Gasteiger partial charge is 0.395 e. The van der Waals surface area contributed by atoms with E-state index in [9.17, 15) is 18.0 Å². The highest BCUT2D eigenvalue weighted by molar-refractivity contribution is 7.89. The van der Waals surface area contributed by atoms with Gasteiger partial charge in [0.1, 0.15) is 5.70 Å². The number of benzene rings is 1. The van der Waals surface area contributed by atoms with Crippen LogP contribution >= 0.6 is 0 Å². The number of sulfonamides is 1. The number of carbonyl (C=O) groups is 2. The molecule has 140 valence electrons. The smallest absolute Gasteiger partial charge is 0.277 e. The first-order valence-corrected chi connectivity index (χ1v) is 9.93. The number of aliphatic hydroxyl groups excluding tert-OH is 1. The number of β-amino-alcohol motifs (C(OH)–C–C–N with tert-alkyl or cyclic N) is 1. The zero-order chi connectivity index (χ0) is 18.7. The second-order valence-corrected chi connectivity index (χ2v) is 8.13.